The molecule has 0 saturated carbocycles. The summed E-state index contributed by atoms with van der Waals surface area (Å²) >= 11 is 0. The third-order valence-corrected chi connectivity index (χ3v) is 3.51. The molecule has 1 saturated heterocycles. The zero-order valence-corrected chi connectivity index (χ0v) is 9.95. The third-order valence-electron chi connectivity index (χ3n) is 3.51. The molecule has 1 aliphatic heterocycles. The van der Waals surface area contributed by atoms with Crippen LogP contribution in [0.25, 0.3) is 0 Å². The quantitative estimate of drug-likeness (QED) is 0.819. The standard InChI is InChI=1S/C12H21N3/c1-4-5-10-7-13-8-11(10)12-6-9(2)15(3)14-12/h6,10-11,13H,4-5,7-8H2,1-3H3. The maximum atomic E-state index is 4.60. The Morgan fingerprint density at radius 2 is 2.33 bits per heavy atom. The van der Waals surface area contributed by atoms with Crippen LogP contribution in [0.1, 0.15) is 37.1 Å². The van der Waals surface area contributed by atoms with Crippen LogP contribution in [0.15, 0.2) is 6.07 Å². The molecule has 0 spiro atoms. The van der Waals surface area contributed by atoms with Crippen molar-refractivity contribution >= 4 is 0 Å². The van der Waals surface area contributed by atoms with Crippen LogP contribution in [0.5, 0.6) is 0 Å². The molecule has 15 heavy (non-hydrogen) atoms. The Balaban J connectivity index is 2.15. The molecular formula is C12H21N3. The highest BCUT2D eigenvalue weighted by Crippen LogP contribution is 2.30. The number of rotatable bonds is 3. The van der Waals surface area contributed by atoms with Crippen LogP contribution in [0.3, 0.4) is 0 Å². The molecule has 1 aromatic heterocycles. The Morgan fingerprint density at radius 1 is 1.53 bits per heavy atom. The van der Waals surface area contributed by atoms with E-state index in [4.69, 9.17) is 0 Å². The Labute approximate surface area is 91.9 Å². The molecule has 0 radical (unpaired) electrons. The lowest BCUT2D eigenvalue weighted by Crippen LogP contribution is -2.11. The van der Waals surface area contributed by atoms with E-state index in [1.807, 2.05) is 11.7 Å². The maximum Gasteiger partial charge on any atom is 0.0674 e. The van der Waals surface area contributed by atoms with Gasteiger partial charge in [0, 0.05) is 25.2 Å². The predicted octanol–water partition coefficient (Wildman–Crippen LogP) is 1.83. The van der Waals surface area contributed by atoms with Crippen molar-refractivity contribution in [3.8, 4) is 0 Å². The molecule has 0 aromatic carbocycles. The molecule has 1 aromatic rings. The van der Waals surface area contributed by atoms with E-state index in [2.05, 4.69) is 30.3 Å². The molecule has 2 atom stereocenters. The summed E-state index contributed by atoms with van der Waals surface area (Å²) in [5.41, 5.74) is 2.53. The minimum absolute atomic E-state index is 0.629. The van der Waals surface area contributed by atoms with Crippen LogP contribution < -0.4 is 5.32 Å². The highest BCUT2D eigenvalue weighted by atomic mass is 15.3. The number of hydrogen-bond acceptors (Lipinski definition) is 2. The first kappa shape index (κ1) is 10.7. The summed E-state index contributed by atoms with van der Waals surface area (Å²) in [6, 6.07) is 2.24. The van der Waals surface area contributed by atoms with E-state index in [-0.39, 0.29) is 0 Å². The fourth-order valence-electron chi connectivity index (χ4n) is 2.52. The summed E-state index contributed by atoms with van der Waals surface area (Å²) in [6.07, 6.45) is 2.59. The summed E-state index contributed by atoms with van der Waals surface area (Å²) in [4.78, 5) is 0. The van der Waals surface area contributed by atoms with Crippen molar-refractivity contribution in [1.82, 2.24) is 15.1 Å². The first-order valence-electron chi connectivity index (χ1n) is 5.93. The minimum Gasteiger partial charge on any atom is -0.316 e. The summed E-state index contributed by atoms with van der Waals surface area (Å²) in [5, 5.41) is 8.09. The SMILES string of the molecule is CCCC1CNCC1c1cc(C)n(C)n1. The van der Waals surface area contributed by atoms with Gasteiger partial charge in [-0.25, -0.2) is 0 Å². The van der Waals surface area contributed by atoms with E-state index in [1.54, 1.807) is 0 Å². The van der Waals surface area contributed by atoms with Gasteiger partial charge in [0.1, 0.15) is 0 Å². The van der Waals surface area contributed by atoms with Crippen molar-refractivity contribution in [3.63, 3.8) is 0 Å². The van der Waals surface area contributed by atoms with Gasteiger partial charge >= 0.3 is 0 Å². The molecular weight excluding hydrogens is 186 g/mol. The summed E-state index contributed by atoms with van der Waals surface area (Å²) < 4.78 is 1.98. The molecule has 0 aliphatic carbocycles. The fraction of sp³-hybridized carbons (Fsp3) is 0.750. The molecule has 1 N–H and O–H groups in total. The molecule has 1 fully saturated rings. The summed E-state index contributed by atoms with van der Waals surface area (Å²) in [6.45, 7) is 6.64. The topological polar surface area (TPSA) is 29.9 Å². The predicted molar refractivity (Wildman–Crippen MR) is 62.0 cm³/mol. The van der Waals surface area contributed by atoms with Crippen molar-refractivity contribution < 1.29 is 0 Å². The van der Waals surface area contributed by atoms with Gasteiger partial charge in [-0.15, -0.1) is 0 Å². The van der Waals surface area contributed by atoms with Gasteiger partial charge in [0.2, 0.25) is 0 Å². The number of aryl methyl sites for hydroxylation is 2. The molecule has 3 heteroatoms. The number of nitrogens with one attached hydrogen (secondary N) is 1. The Hall–Kier alpha value is -0.830. The van der Waals surface area contributed by atoms with Crippen LogP contribution >= 0.6 is 0 Å². The van der Waals surface area contributed by atoms with Gasteiger partial charge in [0.15, 0.2) is 0 Å². The lowest BCUT2D eigenvalue weighted by atomic mass is 9.89. The molecule has 3 nitrogen and oxygen atoms in total. The van der Waals surface area contributed by atoms with Crippen LogP contribution in [0, 0.1) is 12.8 Å². The molecule has 2 unspecified atom stereocenters. The maximum absolute atomic E-state index is 4.60. The average Bonchev–Trinajstić information content (AvgIpc) is 2.76. The lowest BCUT2D eigenvalue weighted by Gasteiger charge is -2.15. The average molecular weight is 207 g/mol. The van der Waals surface area contributed by atoms with Gasteiger partial charge < -0.3 is 5.32 Å². The summed E-state index contributed by atoms with van der Waals surface area (Å²) in [5.74, 6) is 1.41. The second-order valence-corrected chi connectivity index (χ2v) is 4.65. The molecule has 1 aliphatic rings. The first-order valence-corrected chi connectivity index (χ1v) is 5.93. The van der Waals surface area contributed by atoms with Gasteiger partial charge in [0.05, 0.1) is 5.69 Å². The molecule has 2 heterocycles. The summed E-state index contributed by atoms with van der Waals surface area (Å²) in [7, 11) is 2.02. The van der Waals surface area contributed by atoms with Crippen LogP contribution in [0.4, 0.5) is 0 Å². The van der Waals surface area contributed by atoms with Crippen molar-refractivity contribution in [3.05, 3.63) is 17.5 Å². The Morgan fingerprint density at radius 3 is 2.93 bits per heavy atom. The highest BCUT2D eigenvalue weighted by molar-refractivity contribution is 5.16. The van der Waals surface area contributed by atoms with Crippen molar-refractivity contribution in [2.45, 2.75) is 32.6 Å². The smallest absolute Gasteiger partial charge is 0.0674 e. The van der Waals surface area contributed by atoms with Gasteiger partial charge in [-0.2, -0.15) is 5.10 Å². The van der Waals surface area contributed by atoms with E-state index in [9.17, 15) is 0 Å². The zero-order valence-electron chi connectivity index (χ0n) is 9.95. The Kier molecular flexibility index (Phi) is 3.10. The van der Waals surface area contributed by atoms with E-state index < -0.39 is 0 Å². The zero-order chi connectivity index (χ0) is 10.8. The van der Waals surface area contributed by atoms with E-state index >= 15 is 0 Å². The third kappa shape index (κ3) is 2.07. The van der Waals surface area contributed by atoms with E-state index in [1.165, 1.54) is 24.2 Å². The van der Waals surface area contributed by atoms with Crippen LogP contribution in [0.2, 0.25) is 0 Å². The van der Waals surface area contributed by atoms with Crippen molar-refractivity contribution in [1.29, 1.82) is 0 Å². The van der Waals surface area contributed by atoms with E-state index in [0.717, 1.165) is 19.0 Å². The number of aromatic nitrogens is 2. The van der Waals surface area contributed by atoms with Crippen molar-refractivity contribution in [2.24, 2.45) is 13.0 Å². The molecule has 2 rings (SSSR count). The number of nitrogens with zero attached hydrogens (tertiary/aromatic N) is 2. The second kappa shape index (κ2) is 4.35. The monoisotopic (exact) mass is 207 g/mol. The normalized spacial score (nSPS) is 26.1. The van der Waals surface area contributed by atoms with Gasteiger partial charge in [-0.3, -0.25) is 4.68 Å². The van der Waals surface area contributed by atoms with Gasteiger partial charge in [-0.1, -0.05) is 13.3 Å². The van der Waals surface area contributed by atoms with Gasteiger partial charge in [-0.05, 0) is 31.9 Å². The van der Waals surface area contributed by atoms with E-state index in [0.29, 0.717) is 5.92 Å². The highest BCUT2D eigenvalue weighted by Gasteiger charge is 2.29. The molecule has 84 valence electrons. The number of hydrogen-bond donors (Lipinski definition) is 1. The van der Waals surface area contributed by atoms with Crippen LogP contribution in [-0.2, 0) is 7.05 Å². The first-order chi connectivity index (χ1) is 7.22. The lowest BCUT2D eigenvalue weighted by molar-refractivity contribution is 0.463. The largest absolute Gasteiger partial charge is 0.316 e. The second-order valence-electron chi connectivity index (χ2n) is 4.65. The fourth-order valence-corrected chi connectivity index (χ4v) is 2.52. The van der Waals surface area contributed by atoms with Gasteiger partial charge in [0.25, 0.3) is 0 Å². The van der Waals surface area contributed by atoms with Crippen molar-refractivity contribution in [2.75, 3.05) is 13.1 Å². The molecule has 0 bridgehead atoms. The Bertz CT molecular complexity index is 310. The minimum atomic E-state index is 0.629. The van der Waals surface area contributed by atoms with Crippen LogP contribution in [-0.4, -0.2) is 22.9 Å². The molecule has 0 amide bonds.